The quantitative estimate of drug-likeness (QED) is 0.242. The number of nitrogens with zero attached hydrogens (tertiary/aromatic N) is 2. The number of rotatable bonds is 8. The van der Waals surface area contributed by atoms with Gasteiger partial charge in [0, 0.05) is 23.4 Å². The molecule has 9 heteroatoms. The van der Waals surface area contributed by atoms with Gasteiger partial charge in [-0.05, 0) is 82.9 Å². The fourth-order valence-electron chi connectivity index (χ4n) is 4.78. The first-order chi connectivity index (χ1) is 17.7. The summed E-state index contributed by atoms with van der Waals surface area (Å²) in [5, 5.41) is 0.995. The third-order valence-electron chi connectivity index (χ3n) is 6.58. The van der Waals surface area contributed by atoms with Gasteiger partial charge in [-0.25, -0.2) is 9.78 Å². The van der Waals surface area contributed by atoms with E-state index >= 15 is 0 Å². The number of hydrogen-bond donors (Lipinski definition) is 0. The molecule has 0 spiro atoms. The van der Waals surface area contributed by atoms with Crippen molar-refractivity contribution in [3.63, 3.8) is 0 Å². The van der Waals surface area contributed by atoms with Crippen LogP contribution in [-0.2, 0) is 20.9 Å². The van der Waals surface area contributed by atoms with Crippen molar-refractivity contribution in [3.05, 3.63) is 62.4 Å². The van der Waals surface area contributed by atoms with Crippen molar-refractivity contribution < 1.29 is 19.1 Å². The number of halogens is 3. The molecule has 0 saturated heterocycles. The van der Waals surface area contributed by atoms with Crippen LogP contribution in [0.25, 0.3) is 0 Å². The minimum absolute atomic E-state index is 0.0732. The Morgan fingerprint density at radius 3 is 2.35 bits per heavy atom. The Labute approximate surface area is 232 Å². The molecule has 1 saturated carbocycles. The molecule has 1 amide bonds. The van der Waals surface area contributed by atoms with E-state index in [0.29, 0.717) is 50.6 Å². The smallest absolute Gasteiger partial charge is 0.334 e. The standard InChI is InChI=1S/C28H31Cl3N2O4/c1-17(2)36-25-14-24(22(29)13-23(25)30)33(16-18-11-12-26(31)32-15-18)27(34)20-9-5-6-10-21(20)28(35)37-19-7-3-4-8-19/h11-15,17,19H,3-10,16H2,1-2H3. The van der Waals surface area contributed by atoms with Gasteiger partial charge in [0.2, 0.25) is 0 Å². The van der Waals surface area contributed by atoms with Crippen LogP contribution < -0.4 is 9.64 Å². The summed E-state index contributed by atoms with van der Waals surface area (Å²) in [6.07, 6.45) is 7.92. The minimum Gasteiger partial charge on any atom is -0.489 e. The molecule has 1 fully saturated rings. The third kappa shape index (κ3) is 6.98. The van der Waals surface area contributed by atoms with Crippen LogP contribution in [0.15, 0.2) is 41.6 Å². The summed E-state index contributed by atoms with van der Waals surface area (Å²) in [4.78, 5) is 33.1. The zero-order chi connectivity index (χ0) is 26.5. The fourth-order valence-corrected chi connectivity index (χ4v) is 5.42. The number of amides is 1. The zero-order valence-corrected chi connectivity index (χ0v) is 23.3. The van der Waals surface area contributed by atoms with E-state index in [0.717, 1.165) is 44.1 Å². The van der Waals surface area contributed by atoms with Crippen LogP contribution in [-0.4, -0.2) is 29.1 Å². The van der Waals surface area contributed by atoms with Gasteiger partial charge >= 0.3 is 5.97 Å². The average molecular weight is 566 g/mol. The Hall–Kier alpha value is -2.28. The minimum atomic E-state index is -0.380. The van der Waals surface area contributed by atoms with Gasteiger partial charge in [0.25, 0.3) is 5.91 Å². The van der Waals surface area contributed by atoms with Crippen molar-refractivity contribution in [2.75, 3.05) is 4.90 Å². The van der Waals surface area contributed by atoms with E-state index in [9.17, 15) is 9.59 Å². The van der Waals surface area contributed by atoms with Crippen LogP contribution in [0.5, 0.6) is 5.75 Å². The van der Waals surface area contributed by atoms with Crippen LogP contribution in [0, 0.1) is 0 Å². The van der Waals surface area contributed by atoms with Crippen LogP contribution >= 0.6 is 34.8 Å². The van der Waals surface area contributed by atoms with Gasteiger partial charge in [0.15, 0.2) is 0 Å². The SMILES string of the molecule is CC(C)Oc1cc(N(Cc2ccc(Cl)nc2)C(=O)C2=C(C(=O)OC3CCCC3)CCCC2)c(Cl)cc1Cl. The highest BCUT2D eigenvalue weighted by molar-refractivity contribution is 6.37. The highest BCUT2D eigenvalue weighted by Crippen LogP contribution is 2.39. The Kier molecular flexibility index (Phi) is 9.38. The van der Waals surface area contributed by atoms with Gasteiger partial charge in [0.1, 0.15) is 17.0 Å². The van der Waals surface area contributed by atoms with E-state index in [-0.39, 0.29) is 30.6 Å². The zero-order valence-electron chi connectivity index (χ0n) is 21.1. The maximum absolute atomic E-state index is 14.2. The van der Waals surface area contributed by atoms with E-state index in [1.165, 1.54) is 0 Å². The Balaban J connectivity index is 1.74. The highest BCUT2D eigenvalue weighted by Gasteiger charge is 2.32. The molecule has 2 aliphatic rings. The number of carbonyl (C=O) groups excluding carboxylic acids is 2. The van der Waals surface area contributed by atoms with Gasteiger partial charge in [-0.1, -0.05) is 40.9 Å². The second-order valence-electron chi connectivity index (χ2n) is 9.76. The summed E-state index contributed by atoms with van der Waals surface area (Å²) in [6.45, 7) is 3.95. The van der Waals surface area contributed by atoms with Gasteiger partial charge in [-0.2, -0.15) is 0 Å². The molecular formula is C28H31Cl3N2O4. The van der Waals surface area contributed by atoms with Gasteiger partial charge in [0.05, 0.1) is 28.4 Å². The first-order valence-electron chi connectivity index (χ1n) is 12.7. The average Bonchev–Trinajstić information content (AvgIpc) is 3.38. The summed E-state index contributed by atoms with van der Waals surface area (Å²) in [6, 6.07) is 6.71. The number of anilines is 1. The molecule has 37 heavy (non-hydrogen) atoms. The van der Waals surface area contributed by atoms with Crippen molar-refractivity contribution in [2.24, 2.45) is 0 Å². The molecule has 0 unspecified atom stereocenters. The van der Waals surface area contributed by atoms with Crippen molar-refractivity contribution in [1.29, 1.82) is 0 Å². The summed E-state index contributed by atoms with van der Waals surface area (Å²) in [5.41, 5.74) is 2.12. The summed E-state index contributed by atoms with van der Waals surface area (Å²) in [7, 11) is 0. The molecule has 1 heterocycles. The van der Waals surface area contributed by atoms with Gasteiger partial charge < -0.3 is 14.4 Å². The number of aromatic nitrogens is 1. The molecule has 0 N–H and O–H groups in total. The summed E-state index contributed by atoms with van der Waals surface area (Å²) < 4.78 is 11.7. The van der Waals surface area contributed by atoms with E-state index < -0.39 is 0 Å². The molecule has 2 aliphatic carbocycles. The lowest BCUT2D eigenvalue weighted by atomic mass is 9.90. The predicted octanol–water partition coefficient (Wildman–Crippen LogP) is 7.72. The monoisotopic (exact) mass is 564 g/mol. The lowest BCUT2D eigenvalue weighted by Gasteiger charge is -2.29. The highest BCUT2D eigenvalue weighted by atomic mass is 35.5. The molecule has 0 aliphatic heterocycles. The Bertz CT molecular complexity index is 1170. The molecule has 2 aromatic rings. The van der Waals surface area contributed by atoms with Gasteiger partial charge in [-0.3, -0.25) is 4.79 Å². The number of ether oxygens (including phenoxy) is 2. The van der Waals surface area contributed by atoms with E-state index in [1.54, 1.807) is 35.4 Å². The van der Waals surface area contributed by atoms with Crippen molar-refractivity contribution in [3.8, 4) is 5.75 Å². The number of benzene rings is 1. The number of carbonyl (C=O) groups is 2. The normalized spacial score (nSPS) is 16.3. The van der Waals surface area contributed by atoms with Crippen molar-refractivity contribution in [1.82, 2.24) is 4.98 Å². The summed E-state index contributed by atoms with van der Waals surface area (Å²) >= 11 is 19.0. The van der Waals surface area contributed by atoms with Crippen LogP contribution in [0.4, 0.5) is 5.69 Å². The lowest BCUT2D eigenvalue weighted by molar-refractivity contribution is -0.144. The number of hydrogen-bond acceptors (Lipinski definition) is 5. The predicted molar refractivity (Wildman–Crippen MR) is 147 cm³/mol. The van der Waals surface area contributed by atoms with Crippen molar-refractivity contribution >= 4 is 52.4 Å². The molecule has 6 nitrogen and oxygen atoms in total. The summed E-state index contributed by atoms with van der Waals surface area (Å²) in [5.74, 6) is -0.261. The second kappa shape index (κ2) is 12.5. The lowest BCUT2D eigenvalue weighted by Crippen LogP contribution is -2.34. The molecule has 0 atom stereocenters. The first-order valence-corrected chi connectivity index (χ1v) is 13.9. The maximum Gasteiger partial charge on any atom is 0.334 e. The topological polar surface area (TPSA) is 68.7 Å². The van der Waals surface area contributed by atoms with Crippen molar-refractivity contribution in [2.45, 2.75) is 84.0 Å². The third-order valence-corrected chi connectivity index (χ3v) is 7.40. The van der Waals surface area contributed by atoms with Crippen LogP contribution in [0.3, 0.4) is 0 Å². The number of esters is 1. The van der Waals surface area contributed by atoms with E-state index in [4.69, 9.17) is 44.3 Å². The molecular weight excluding hydrogens is 535 g/mol. The molecule has 1 aromatic heterocycles. The Morgan fingerprint density at radius 2 is 1.70 bits per heavy atom. The molecule has 198 valence electrons. The molecule has 0 bridgehead atoms. The number of pyridine rings is 1. The van der Waals surface area contributed by atoms with E-state index in [2.05, 4.69) is 4.98 Å². The second-order valence-corrected chi connectivity index (χ2v) is 11.0. The molecule has 4 rings (SSSR count). The fraction of sp³-hybridized carbons (Fsp3) is 0.464. The largest absolute Gasteiger partial charge is 0.489 e. The van der Waals surface area contributed by atoms with Gasteiger partial charge in [-0.15, -0.1) is 0 Å². The van der Waals surface area contributed by atoms with E-state index in [1.807, 2.05) is 13.8 Å². The first kappa shape index (κ1) is 27.7. The molecule has 1 aromatic carbocycles. The maximum atomic E-state index is 14.2. The van der Waals surface area contributed by atoms with Crippen LogP contribution in [0.2, 0.25) is 15.2 Å². The molecule has 0 radical (unpaired) electrons. The van der Waals surface area contributed by atoms with Crippen LogP contribution in [0.1, 0.15) is 70.8 Å². The Morgan fingerprint density at radius 1 is 1.00 bits per heavy atom.